The van der Waals surface area contributed by atoms with Crippen LogP contribution in [0.3, 0.4) is 0 Å². The topological polar surface area (TPSA) is 64.4 Å². The largest absolute Gasteiger partial charge is 0.476 e. The van der Waals surface area contributed by atoms with Gasteiger partial charge in [0, 0.05) is 12.0 Å². The smallest absolute Gasteiger partial charge is 0.356 e. The summed E-state index contributed by atoms with van der Waals surface area (Å²) in [5.74, 6) is -1.01. The molecule has 0 radical (unpaired) electrons. The first-order valence-electron chi connectivity index (χ1n) is 6.57. The Hall–Kier alpha value is -2.14. The lowest BCUT2D eigenvalue weighted by atomic mass is 10.1. The molecule has 2 heterocycles. The van der Waals surface area contributed by atoms with Crippen molar-refractivity contribution in [3.05, 3.63) is 46.3 Å². The molecule has 0 amide bonds. The molecule has 1 N–H and O–H groups in total. The molecular formula is C15H16N2O3. The van der Waals surface area contributed by atoms with Crippen molar-refractivity contribution in [2.24, 2.45) is 0 Å². The molecule has 20 heavy (non-hydrogen) atoms. The maximum Gasteiger partial charge on any atom is 0.356 e. The van der Waals surface area contributed by atoms with Crippen molar-refractivity contribution in [1.82, 2.24) is 9.78 Å². The highest BCUT2D eigenvalue weighted by molar-refractivity contribution is 5.87. The van der Waals surface area contributed by atoms with E-state index in [1.54, 1.807) is 4.68 Å². The average Bonchev–Trinajstić information content (AvgIpc) is 2.82. The van der Waals surface area contributed by atoms with Crippen LogP contribution in [-0.2, 0) is 17.8 Å². The summed E-state index contributed by atoms with van der Waals surface area (Å²) in [4.78, 5) is 11.3. The Labute approximate surface area is 116 Å². The zero-order chi connectivity index (χ0) is 14.3. The summed E-state index contributed by atoms with van der Waals surface area (Å²) in [5.41, 5.74) is 5.00. The van der Waals surface area contributed by atoms with Gasteiger partial charge in [-0.1, -0.05) is 6.07 Å². The van der Waals surface area contributed by atoms with Gasteiger partial charge in [0.2, 0.25) is 0 Å². The van der Waals surface area contributed by atoms with Crippen LogP contribution in [0.2, 0.25) is 0 Å². The number of carboxylic acid groups (broad SMARTS) is 1. The minimum Gasteiger partial charge on any atom is -0.476 e. The van der Waals surface area contributed by atoms with Gasteiger partial charge in [-0.15, -0.1) is 0 Å². The number of aryl methyl sites for hydroxylation is 2. The lowest BCUT2D eigenvalue weighted by Crippen LogP contribution is -2.13. The van der Waals surface area contributed by atoms with Crippen LogP contribution >= 0.6 is 0 Å². The number of benzene rings is 1. The zero-order valence-corrected chi connectivity index (χ0v) is 11.5. The van der Waals surface area contributed by atoms with Crippen molar-refractivity contribution >= 4 is 5.97 Å². The van der Waals surface area contributed by atoms with Gasteiger partial charge >= 0.3 is 5.97 Å². The molecule has 104 valence electrons. The number of fused-ring (bicyclic) bond motifs is 1. The standard InChI is InChI=1S/C15H16N2O3/c1-9-3-4-11(7-10(9)2)17-13-5-6-20-8-12(13)14(16-17)15(18)19/h3-4,7H,5-6,8H2,1-2H3,(H,18,19). The first-order valence-corrected chi connectivity index (χ1v) is 6.57. The van der Waals surface area contributed by atoms with E-state index in [-0.39, 0.29) is 5.69 Å². The molecule has 0 saturated carbocycles. The molecule has 0 unspecified atom stereocenters. The Balaban J connectivity index is 2.18. The number of aromatic carboxylic acids is 1. The van der Waals surface area contributed by atoms with Crippen LogP contribution in [0.15, 0.2) is 18.2 Å². The lowest BCUT2D eigenvalue weighted by Gasteiger charge is -2.15. The number of aromatic nitrogens is 2. The molecule has 1 aliphatic rings. The second-order valence-corrected chi connectivity index (χ2v) is 5.06. The van der Waals surface area contributed by atoms with E-state index in [4.69, 9.17) is 4.74 Å². The molecule has 0 spiro atoms. The van der Waals surface area contributed by atoms with E-state index in [0.29, 0.717) is 25.2 Å². The van der Waals surface area contributed by atoms with Gasteiger partial charge < -0.3 is 9.84 Å². The molecule has 3 rings (SSSR count). The fourth-order valence-electron chi connectivity index (χ4n) is 2.48. The third kappa shape index (κ3) is 2.00. The number of carboxylic acids is 1. The van der Waals surface area contributed by atoms with Gasteiger partial charge in [-0.3, -0.25) is 0 Å². The quantitative estimate of drug-likeness (QED) is 0.910. The fourth-order valence-corrected chi connectivity index (χ4v) is 2.48. The number of ether oxygens (including phenoxy) is 1. The third-order valence-corrected chi connectivity index (χ3v) is 3.76. The first kappa shape index (κ1) is 12.9. The Bertz CT molecular complexity index is 689. The van der Waals surface area contributed by atoms with E-state index in [1.165, 1.54) is 5.56 Å². The zero-order valence-electron chi connectivity index (χ0n) is 11.5. The van der Waals surface area contributed by atoms with E-state index in [2.05, 4.69) is 5.10 Å². The number of carbonyl (C=O) groups is 1. The lowest BCUT2D eigenvalue weighted by molar-refractivity contribution is 0.0677. The monoisotopic (exact) mass is 272 g/mol. The number of hydrogen-bond acceptors (Lipinski definition) is 3. The molecule has 0 bridgehead atoms. The fraction of sp³-hybridized carbons (Fsp3) is 0.333. The van der Waals surface area contributed by atoms with Crippen LogP contribution < -0.4 is 0 Å². The van der Waals surface area contributed by atoms with Crippen LogP contribution in [0, 0.1) is 13.8 Å². The summed E-state index contributed by atoms with van der Waals surface area (Å²) in [7, 11) is 0. The normalized spacial score (nSPS) is 14.1. The van der Waals surface area contributed by atoms with Gasteiger partial charge in [0.25, 0.3) is 0 Å². The van der Waals surface area contributed by atoms with Gasteiger partial charge in [0.1, 0.15) is 0 Å². The third-order valence-electron chi connectivity index (χ3n) is 3.76. The van der Waals surface area contributed by atoms with E-state index in [0.717, 1.165) is 16.9 Å². The van der Waals surface area contributed by atoms with Gasteiger partial charge in [-0.2, -0.15) is 5.10 Å². The Kier molecular flexibility index (Phi) is 3.06. The highest BCUT2D eigenvalue weighted by atomic mass is 16.5. The molecule has 0 fully saturated rings. The second kappa shape index (κ2) is 4.76. The SMILES string of the molecule is Cc1ccc(-n2nc(C(=O)O)c3c2CCOC3)cc1C. The van der Waals surface area contributed by atoms with Crippen molar-refractivity contribution in [3.8, 4) is 5.69 Å². The molecule has 0 saturated heterocycles. The highest BCUT2D eigenvalue weighted by Gasteiger charge is 2.25. The summed E-state index contributed by atoms with van der Waals surface area (Å²) < 4.78 is 7.11. The summed E-state index contributed by atoms with van der Waals surface area (Å²) >= 11 is 0. The minimum atomic E-state index is -1.01. The molecule has 2 aromatic rings. The van der Waals surface area contributed by atoms with Crippen molar-refractivity contribution in [1.29, 1.82) is 0 Å². The molecular weight excluding hydrogens is 256 g/mol. The van der Waals surface area contributed by atoms with Crippen LogP contribution in [-0.4, -0.2) is 27.5 Å². The van der Waals surface area contributed by atoms with E-state index >= 15 is 0 Å². The van der Waals surface area contributed by atoms with Crippen LogP contribution in [0.1, 0.15) is 32.9 Å². The molecule has 5 nitrogen and oxygen atoms in total. The number of hydrogen-bond donors (Lipinski definition) is 1. The molecule has 1 aromatic heterocycles. The number of rotatable bonds is 2. The van der Waals surface area contributed by atoms with Crippen LogP contribution in [0.5, 0.6) is 0 Å². The maximum absolute atomic E-state index is 11.3. The average molecular weight is 272 g/mol. The minimum absolute atomic E-state index is 0.0953. The maximum atomic E-state index is 11.3. The summed E-state index contributed by atoms with van der Waals surface area (Å²) in [6.07, 6.45) is 0.683. The van der Waals surface area contributed by atoms with Crippen LogP contribution in [0.25, 0.3) is 5.69 Å². The van der Waals surface area contributed by atoms with Gasteiger partial charge in [-0.05, 0) is 37.1 Å². The first-order chi connectivity index (χ1) is 9.58. The molecule has 1 aliphatic heterocycles. The van der Waals surface area contributed by atoms with Crippen molar-refractivity contribution in [3.63, 3.8) is 0 Å². The predicted octanol–water partition coefficient (Wildman–Crippen LogP) is 2.26. The second-order valence-electron chi connectivity index (χ2n) is 5.06. The summed E-state index contributed by atoms with van der Waals surface area (Å²) in [6, 6.07) is 6.03. The predicted molar refractivity (Wildman–Crippen MR) is 73.4 cm³/mol. The van der Waals surface area contributed by atoms with Crippen molar-refractivity contribution in [2.75, 3.05) is 6.61 Å². The Morgan fingerprint density at radius 2 is 2.15 bits per heavy atom. The Morgan fingerprint density at radius 1 is 1.35 bits per heavy atom. The van der Waals surface area contributed by atoms with Crippen molar-refractivity contribution in [2.45, 2.75) is 26.9 Å². The molecule has 5 heteroatoms. The van der Waals surface area contributed by atoms with E-state index in [1.807, 2.05) is 32.0 Å². The summed E-state index contributed by atoms with van der Waals surface area (Å²) in [6.45, 7) is 5.01. The van der Waals surface area contributed by atoms with Gasteiger partial charge in [-0.25, -0.2) is 9.48 Å². The van der Waals surface area contributed by atoms with Crippen molar-refractivity contribution < 1.29 is 14.6 Å². The van der Waals surface area contributed by atoms with E-state index in [9.17, 15) is 9.90 Å². The highest BCUT2D eigenvalue weighted by Crippen LogP contribution is 2.25. The van der Waals surface area contributed by atoms with Gasteiger partial charge in [0.05, 0.1) is 24.6 Å². The Morgan fingerprint density at radius 3 is 2.85 bits per heavy atom. The van der Waals surface area contributed by atoms with E-state index < -0.39 is 5.97 Å². The number of nitrogens with zero attached hydrogens (tertiary/aromatic N) is 2. The molecule has 1 aromatic carbocycles. The molecule has 0 atom stereocenters. The van der Waals surface area contributed by atoms with Crippen LogP contribution in [0.4, 0.5) is 0 Å². The van der Waals surface area contributed by atoms with Gasteiger partial charge in [0.15, 0.2) is 5.69 Å². The molecule has 0 aliphatic carbocycles. The summed E-state index contributed by atoms with van der Waals surface area (Å²) in [5, 5.41) is 13.5.